The van der Waals surface area contributed by atoms with Crippen LogP contribution in [0, 0.1) is 6.92 Å². The van der Waals surface area contributed by atoms with Crippen molar-refractivity contribution in [2.24, 2.45) is 0 Å². The summed E-state index contributed by atoms with van der Waals surface area (Å²) < 4.78 is 5.71. The highest BCUT2D eigenvalue weighted by Gasteiger charge is 2.30. The molecular weight excluding hydrogens is 402 g/mol. The van der Waals surface area contributed by atoms with E-state index >= 15 is 0 Å². The van der Waals surface area contributed by atoms with Gasteiger partial charge in [0.05, 0.1) is 6.61 Å². The van der Waals surface area contributed by atoms with E-state index in [9.17, 15) is 4.79 Å². The zero-order valence-corrected chi connectivity index (χ0v) is 18.2. The number of aromatic nitrogens is 4. The first-order valence-electron chi connectivity index (χ1n) is 10.9. The highest BCUT2D eigenvalue weighted by Crippen LogP contribution is 2.31. The van der Waals surface area contributed by atoms with Crippen molar-refractivity contribution in [3.05, 3.63) is 72.2 Å². The molecule has 0 spiro atoms. The average molecular weight is 428 g/mol. The van der Waals surface area contributed by atoms with Crippen LogP contribution in [0.25, 0.3) is 22.0 Å². The Morgan fingerprint density at radius 1 is 1.19 bits per heavy atom. The molecule has 5 rings (SSSR count). The van der Waals surface area contributed by atoms with Gasteiger partial charge in [-0.05, 0) is 56.2 Å². The maximum Gasteiger partial charge on any atom is 0.270 e. The lowest BCUT2D eigenvalue weighted by Gasteiger charge is -2.16. The van der Waals surface area contributed by atoms with Gasteiger partial charge in [-0.15, -0.1) is 0 Å². The van der Waals surface area contributed by atoms with Gasteiger partial charge in [-0.2, -0.15) is 0 Å². The molecule has 0 aliphatic carbocycles. The molecule has 1 aliphatic rings. The van der Waals surface area contributed by atoms with E-state index in [1.807, 2.05) is 61.5 Å². The van der Waals surface area contributed by atoms with E-state index in [0.29, 0.717) is 25.4 Å². The predicted molar refractivity (Wildman–Crippen MR) is 123 cm³/mol. The number of carbonyl (C=O) groups excluding carboxylic acids is 1. The molecule has 1 saturated heterocycles. The molecule has 1 aromatic carbocycles. The van der Waals surface area contributed by atoms with E-state index < -0.39 is 0 Å². The Morgan fingerprint density at radius 3 is 2.84 bits per heavy atom. The van der Waals surface area contributed by atoms with Crippen molar-refractivity contribution in [1.29, 1.82) is 0 Å². The quantitative estimate of drug-likeness (QED) is 0.512. The lowest BCUT2D eigenvalue weighted by atomic mass is 10.00. The van der Waals surface area contributed by atoms with E-state index in [-0.39, 0.29) is 11.8 Å². The van der Waals surface area contributed by atoms with E-state index in [1.165, 1.54) is 6.33 Å². The fraction of sp³-hybridized carbons (Fsp3) is 0.280. The highest BCUT2D eigenvalue weighted by atomic mass is 16.5. The number of ether oxygens (including phenoxy) is 1. The molecule has 4 heterocycles. The molecule has 32 heavy (non-hydrogen) atoms. The molecule has 1 amide bonds. The molecule has 0 unspecified atom stereocenters. The van der Waals surface area contributed by atoms with Gasteiger partial charge in [-0.3, -0.25) is 9.78 Å². The number of hydrogen-bond donors (Lipinski definition) is 1. The Kier molecular flexibility index (Phi) is 5.31. The molecule has 4 aromatic rings. The van der Waals surface area contributed by atoms with Crippen LogP contribution in [0.15, 0.2) is 55.1 Å². The molecule has 1 fully saturated rings. The number of nitrogens with one attached hydrogen (secondary N) is 1. The van der Waals surface area contributed by atoms with Gasteiger partial charge in [-0.25, -0.2) is 9.97 Å². The van der Waals surface area contributed by atoms with Crippen LogP contribution in [0.1, 0.15) is 41.1 Å². The van der Waals surface area contributed by atoms with Crippen molar-refractivity contribution in [3.63, 3.8) is 0 Å². The van der Waals surface area contributed by atoms with Gasteiger partial charge >= 0.3 is 0 Å². The Morgan fingerprint density at radius 2 is 2.03 bits per heavy atom. The molecule has 7 heteroatoms. The minimum absolute atomic E-state index is 0.00971. The SMILES string of the molecule is CCOc1cccc2[nH]c(C(=O)N3CC[C@H](c4cc(-c5cncnc5)cc(C)n4)C3)cc12. The van der Waals surface area contributed by atoms with E-state index in [2.05, 4.69) is 21.0 Å². The molecule has 1 N–H and O–H groups in total. The van der Waals surface area contributed by atoms with Crippen LogP contribution in [-0.4, -0.2) is 50.4 Å². The van der Waals surface area contributed by atoms with Gasteiger partial charge in [0.25, 0.3) is 5.91 Å². The molecule has 7 nitrogen and oxygen atoms in total. The number of hydrogen-bond acceptors (Lipinski definition) is 5. The Balaban J connectivity index is 1.37. The summed E-state index contributed by atoms with van der Waals surface area (Å²) in [7, 11) is 0. The number of likely N-dealkylation sites (tertiary alicyclic amines) is 1. The average Bonchev–Trinajstić information content (AvgIpc) is 3.47. The number of H-pyrrole nitrogens is 1. The second-order valence-corrected chi connectivity index (χ2v) is 8.12. The lowest BCUT2D eigenvalue weighted by Crippen LogP contribution is -2.28. The van der Waals surface area contributed by atoms with Crippen LogP contribution in [0.3, 0.4) is 0 Å². The van der Waals surface area contributed by atoms with Crippen LogP contribution in [-0.2, 0) is 0 Å². The minimum atomic E-state index is 0.00971. The molecule has 0 bridgehead atoms. The van der Waals surface area contributed by atoms with Crippen molar-refractivity contribution >= 4 is 16.8 Å². The zero-order chi connectivity index (χ0) is 22.1. The Bertz CT molecular complexity index is 1270. The summed E-state index contributed by atoms with van der Waals surface area (Å²) in [5.74, 6) is 1.00. The van der Waals surface area contributed by atoms with E-state index in [1.54, 1.807) is 0 Å². The van der Waals surface area contributed by atoms with Crippen molar-refractivity contribution in [2.45, 2.75) is 26.2 Å². The third-order valence-corrected chi connectivity index (χ3v) is 5.92. The number of aromatic amines is 1. The van der Waals surface area contributed by atoms with Gasteiger partial charge < -0.3 is 14.6 Å². The second-order valence-electron chi connectivity index (χ2n) is 8.12. The van der Waals surface area contributed by atoms with Gasteiger partial charge in [-0.1, -0.05) is 6.07 Å². The van der Waals surface area contributed by atoms with Gasteiger partial charge in [0.2, 0.25) is 0 Å². The Labute approximate surface area is 186 Å². The first-order chi connectivity index (χ1) is 15.6. The van der Waals surface area contributed by atoms with Crippen molar-refractivity contribution in [1.82, 2.24) is 24.8 Å². The molecule has 1 aliphatic heterocycles. The zero-order valence-electron chi connectivity index (χ0n) is 18.2. The van der Waals surface area contributed by atoms with Crippen LogP contribution in [0.5, 0.6) is 5.75 Å². The van der Waals surface area contributed by atoms with Crippen LogP contribution < -0.4 is 4.74 Å². The summed E-state index contributed by atoms with van der Waals surface area (Å²) in [6.07, 6.45) is 6.03. The molecule has 1 atom stereocenters. The summed E-state index contributed by atoms with van der Waals surface area (Å²) >= 11 is 0. The first-order valence-corrected chi connectivity index (χ1v) is 10.9. The molecule has 3 aromatic heterocycles. The fourth-order valence-corrected chi connectivity index (χ4v) is 4.40. The van der Waals surface area contributed by atoms with Gasteiger partial charge in [0.15, 0.2) is 0 Å². The van der Waals surface area contributed by atoms with Gasteiger partial charge in [0.1, 0.15) is 17.8 Å². The number of pyridine rings is 1. The number of amides is 1. The number of nitrogens with zero attached hydrogens (tertiary/aromatic N) is 4. The van der Waals surface area contributed by atoms with Crippen LogP contribution in [0.4, 0.5) is 0 Å². The fourth-order valence-electron chi connectivity index (χ4n) is 4.40. The standard InChI is InChI=1S/C25H25N5O2/c1-3-32-24-6-4-5-21-20(24)11-23(29-21)25(31)30-8-7-17(14-30)22-10-18(9-16(2)28-22)19-12-26-15-27-13-19/h4-6,9-13,15,17,29H,3,7-8,14H2,1-2H3/t17-/m0/s1. The maximum absolute atomic E-state index is 13.2. The first kappa shape index (κ1) is 20.2. The summed E-state index contributed by atoms with van der Waals surface area (Å²) in [5, 5.41) is 0.934. The lowest BCUT2D eigenvalue weighted by molar-refractivity contribution is 0.0786. The molecule has 0 saturated carbocycles. The second kappa shape index (κ2) is 8.42. The summed E-state index contributed by atoms with van der Waals surface area (Å²) in [6, 6.07) is 11.9. The minimum Gasteiger partial charge on any atom is -0.493 e. The van der Waals surface area contributed by atoms with Crippen molar-refractivity contribution in [2.75, 3.05) is 19.7 Å². The predicted octanol–water partition coefficient (Wildman–Crippen LogP) is 4.36. The van der Waals surface area contributed by atoms with E-state index in [0.717, 1.165) is 45.6 Å². The number of aryl methyl sites for hydroxylation is 1. The van der Waals surface area contributed by atoms with Crippen LogP contribution in [0.2, 0.25) is 0 Å². The molecule has 162 valence electrons. The topological polar surface area (TPSA) is 84.0 Å². The van der Waals surface area contributed by atoms with Crippen molar-refractivity contribution in [3.8, 4) is 16.9 Å². The largest absolute Gasteiger partial charge is 0.493 e. The molecular formula is C25H25N5O2. The summed E-state index contributed by atoms with van der Waals surface area (Å²) in [4.78, 5) is 31.4. The number of benzene rings is 1. The summed E-state index contributed by atoms with van der Waals surface area (Å²) in [6.45, 7) is 5.89. The van der Waals surface area contributed by atoms with Crippen molar-refractivity contribution < 1.29 is 9.53 Å². The smallest absolute Gasteiger partial charge is 0.270 e. The number of rotatable bonds is 5. The maximum atomic E-state index is 13.2. The normalized spacial score (nSPS) is 15.9. The number of fused-ring (bicyclic) bond motifs is 1. The summed E-state index contributed by atoms with van der Waals surface area (Å²) in [5.41, 5.74) is 5.47. The highest BCUT2D eigenvalue weighted by molar-refractivity contribution is 5.99. The third-order valence-electron chi connectivity index (χ3n) is 5.92. The van der Waals surface area contributed by atoms with Crippen LogP contribution >= 0.6 is 0 Å². The molecule has 0 radical (unpaired) electrons. The third kappa shape index (κ3) is 3.82. The Hall–Kier alpha value is -3.74. The number of carbonyl (C=O) groups is 1. The van der Waals surface area contributed by atoms with E-state index in [4.69, 9.17) is 9.72 Å². The van der Waals surface area contributed by atoms with Gasteiger partial charge in [0, 0.05) is 59.3 Å². The monoisotopic (exact) mass is 427 g/mol.